The Morgan fingerprint density at radius 1 is 1.00 bits per heavy atom. The molecule has 1 aromatic carbocycles. The van der Waals surface area contributed by atoms with Crippen LogP contribution in [0.1, 0.15) is 11.1 Å². The van der Waals surface area contributed by atoms with Crippen molar-refractivity contribution in [2.45, 2.75) is 13.1 Å². The normalized spacial score (nSPS) is 14.6. The van der Waals surface area contributed by atoms with Crippen LogP contribution in [0.25, 0.3) is 0 Å². The molecule has 3 aromatic rings. The number of hydrogen-bond donors (Lipinski definition) is 1. The molecule has 1 fully saturated rings. The van der Waals surface area contributed by atoms with E-state index in [1.54, 1.807) is 29.7 Å². The van der Waals surface area contributed by atoms with E-state index in [9.17, 15) is 0 Å². The van der Waals surface area contributed by atoms with Gasteiger partial charge in [0.15, 0.2) is 5.96 Å². The summed E-state index contributed by atoms with van der Waals surface area (Å²) in [6.07, 6.45) is 6.78. The Hall–Kier alpha value is -2.76. The highest BCUT2D eigenvalue weighted by Gasteiger charge is 2.19. The minimum atomic E-state index is 0. The summed E-state index contributed by atoms with van der Waals surface area (Å²) in [4.78, 5) is 21.5. The lowest BCUT2D eigenvalue weighted by atomic mass is 10.1. The van der Waals surface area contributed by atoms with E-state index in [0.29, 0.717) is 19.0 Å². The van der Waals surface area contributed by atoms with E-state index >= 15 is 0 Å². The van der Waals surface area contributed by atoms with Crippen molar-refractivity contribution in [1.82, 2.24) is 29.6 Å². The van der Waals surface area contributed by atoms with Crippen LogP contribution in [0.15, 0.2) is 60.4 Å². The Balaban J connectivity index is 0.00000240. The molecule has 2 N–H and O–H groups in total. The van der Waals surface area contributed by atoms with Gasteiger partial charge in [-0.25, -0.2) is 24.6 Å². The number of benzene rings is 1. The molecule has 4 rings (SSSR count). The molecule has 1 saturated heterocycles. The second-order valence-electron chi connectivity index (χ2n) is 6.56. The molecule has 3 heterocycles. The van der Waals surface area contributed by atoms with Crippen molar-refractivity contribution in [3.05, 3.63) is 66.5 Å². The van der Waals surface area contributed by atoms with Crippen molar-refractivity contribution in [1.29, 1.82) is 0 Å². The van der Waals surface area contributed by atoms with E-state index in [1.165, 1.54) is 0 Å². The Bertz CT molecular complexity index is 906. The highest BCUT2D eigenvalue weighted by atomic mass is 127. The van der Waals surface area contributed by atoms with Gasteiger partial charge >= 0.3 is 0 Å². The van der Waals surface area contributed by atoms with Gasteiger partial charge in [-0.1, -0.05) is 24.3 Å². The zero-order chi connectivity index (χ0) is 19.2. The number of anilines is 1. The summed E-state index contributed by atoms with van der Waals surface area (Å²) in [7, 11) is 0. The minimum absolute atomic E-state index is 0. The lowest BCUT2D eigenvalue weighted by molar-refractivity contribution is 0.378. The zero-order valence-electron chi connectivity index (χ0n) is 16.0. The molecule has 1 aliphatic rings. The summed E-state index contributed by atoms with van der Waals surface area (Å²) < 4.78 is 1.80. The molecule has 9 nitrogen and oxygen atoms in total. The Labute approximate surface area is 186 Å². The first-order valence-corrected chi connectivity index (χ1v) is 9.25. The van der Waals surface area contributed by atoms with Gasteiger partial charge < -0.3 is 15.5 Å². The summed E-state index contributed by atoms with van der Waals surface area (Å²) in [5.41, 5.74) is 8.56. The average molecular weight is 505 g/mol. The van der Waals surface area contributed by atoms with E-state index in [2.05, 4.69) is 47.0 Å². The molecule has 0 atom stereocenters. The van der Waals surface area contributed by atoms with Crippen molar-refractivity contribution in [2.75, 3.05) is 31.1 Å². The van der Waals surface area contributed by atoms with Gasteiger partial charge in [0.2, 0.25) is 5.95 Å². The molecule has 0 bridgehead atoms. The third kappa shape index (κ3) is 5.40. The van der Waals surface area contributed by atoms with Crippen LogP contribution in [-0.2, 0) is 13.1 Å². The number of nitrogens with zero attached hydrogens (tertiary/aromatic N) is 8. The third-order valence-corrected chi connectivity index (χ3v) is 4.77. The molecule has 0 saturated carbocycles. The molecular weight excluding hydrogens is 481 g/mol. The molecule has 0 spiro atoms. The molecule has 0 unspecified atom stereocenters. The molecule has 0 radical (unpaired) electrons. The SMILES string of the molecule is I.NC(=NCc1ccccc1Cn1cncn1)N1CCN(c2ncccn2)CC1. The van der Waals surface area contributed by atoms with Crippen molar-refractivity contribution in [3.63, 3.8) is 0 Å². The first-order chi connectivity index (χ1) is 13.8. The van der Waals surface area contributed by atoms with Gasteiger partial charge in [0, 0.05) is 38.6 Å². The van der Waals surface area contributed by atoms with Crippen LogP contribution >= 0.6 is 24.0 Å². The molecule has 1 aliphatic heterocycles. The predicted molar refractivity (Wildman–Crippen MR) is 122 cm³/mol. The maximum atomic E-state index is 6.27. The van der Waals surface area contributed by atoms with Crippen LogP contribution in [0.2, 0.25) is 0 Å². The first kappa shape index (κ1) is 21.0. The number of halogens is 1. The van der Waals surface area contributed by atoms with Crippen molar-refractivity contribution in [2.24, 2.45) is 10.7 Å². The number of hydrogen-bond acceptors (Lipinski definition) is 6. The molecule has 2 aromatic heterocycles. The lowest BCUT2D eigenvalue weighted by Gasteiger charge is -2.35. The van der Waals surface area contributed by atoms with E-state index in [4.69, 9.17) is 5.73 Å². The van der Waals surface area contributed by atoms with Gasteiger partial charge in [0.05, 0.1) is 13.1 Å². The van der Waals surface area contributed by atoms with E-state index in [-0.39, 0.29) is 24.0 Å². The smallest absolute Gasteiger partial charge is 0.225 e. The highest BCUT2D eigenvalue weighted by molar-refractivity contribution is 14.0. The number of piperazine rings is 1. The minimum Gasteiger partial charge on any atom is -0.370 e. The largest absolute Gasteiger partial charge is 0.370 e. The maximum Gasteiger partial charge on any atom is 0.225 e. The quantitative estimate of drug-likeness (QED) is 0.318. The summed E-state index contributed by atoms with van der Waals surface area (Å²) >= 11 is 0. The second-order valence-corrected chi connectivity index (χ2v) is 6.56. The Kier molecular flexibility index (Phi) is 7.33. The van der Waals surface area contributed by atoms with E-state index in [1.807, 2.05) is 18.2 Å². The second kappa shape index (κ2) is 10.1. The van der Waals surface area contributed by atoms with Crippen molar-refractivity contribution < 1.29 is 0 Å². The van der Waals surface area contributed by atoms with E-state index < -0.39 is 0 Å². The lowest BCUT2D eigenvalue weighted by Crippen LogP contribution is -2.51. The fourth-order valence-electron chi connectivity index (χ4n) is 3.21. The van der Waals surface area contributed by atoms with E-state index in [0.717, 1.165) is 43.3 Å². The monoisotopic (exact) mass is 505 g/mol. The average Bonchev–Trinajstić information content (AvgIpc) is 3.27. The Morgan fingerprint density at radius 3 is 2.41 bits per heavy atom. The summed E-state index contributed by atoms with van der Waals surface area (Å²) in [5, 5.41) is 4.18. The van der Waals surface area contributed by atoms with Crippen LogP contribution in [-0.4, -0.2) is 61.8 Å². The molecule has 152 valence electrons. The molecule has 0 amide bonds. The fraction of sp³-hybridized carbons (Fsp3) is 0.316. The molecule has 0 aliphatic carbocycles. The van der Waals surface area contributed by atoms with Gasteiger partial charge in [-0.2, -0.15) is 5.10 Å². The number of aliphatic imine (C=N–C) groups is 1. The van der Waals surface area contributed by atoms with Crippen LogP contribution in [0.3, 0.4) is 0 Å². The number of nitrogens with two attached hydrogens (primary N) is 1. The van der Waals surface area contributed by atoms with Crippen LogP contribution < -0.4 is 10.6 Å². The number of guanidine groups is 1. The fourth-order valence-corrected chi connectivity index (χ4v) is 3.21. The standard InChI is InChI=1S/C19H23N9.HI/c20-18(26-8-10-27(11-9-26)19-22-6-3-7-23-19)24-12-16-4-1-2-5-17(16)13-28-15-21-14-25-28;/h1-7,14-15H,8-13H2,(H2,20,24);1H. The zero-order valence-corrected chi connectivity index (χ0v) is 18.3. The molecular formula is C19H24IN9. The Morgan fingerprint density at radius 2 is 1.72 bits per heavy atom. The van der Waals surface area contributed by atoms with Crippen molar-refractivity contribution >= 4 is 35.9 Å². The summed E-state index contributed by atoms with van der Waals surface area (Å²) in [6.45, 7) is 4.45. The molecule has 29 heavy (non-hydrogen) atoms. The number of aromatic nitrogens is 5. The van der Waals surface area contributed by atoms with Gasteiger partial charge in [0.25, 0.3) is 0 Å². The topological polar surface area (TPSA) is 101 Å². The highest BCUT2D eigenvalue weighted by Crippen LogP contribution is 2.13. The van der Waals surface area contributed by atoms with Gasteiger partial charge in [-0.3, -0.25) is 0 Å². The van der Waals surface area contributed by atoms with Gasteiger partial charge in [0.1, 0.15) is 12.7 Å². The van der Waals surface area contributed by atoms with Crippen LogP contribution in [0, 0.1) is 0 Å². The molecule has 10 heteroatoms. The maximum absolute atomic E-state index is 6.27. The first-order valence-electron chi connectivity index (χ1n) is 9.25. The number of rotatable bonds is 5. The third-order valence-electron chi connectivity index (χ3n) is 4.77. The van der Waals surface area contributed by atoms with Crippen LogP contribution in [0.4, 0.5) is 5.95 Å². The van der Waals surface area contributed by atoms with Crippen molar-refractivity contribution in [3.8, 4) is 0 Å². The van der Waals surface area contributed by atoms with Gasteiger partial charge in [-0.15, -0.1) is 24.0 Å². The predicted octanol–water partition coefficient (Wildman–Crippen LogP) is 1.37. The summed E-state index contributed by atoms with van der Waals surface area (Å²) in [6, 6.07) is 10.0. The van der Waals surface area contributed by atoms with Gasteiger partial charge in [-0.05, 0) is 17.2 Å². The summed E-state index contributed by atoms with van der Waals surface area (Å²) in [5.74, 6) is 1.34. The van der Waals surface area contributed by atoms with Crippen LogP contribution in [0.5, 0.6) is 0 Å².